The van der Waals surface area contributed by atoms with Crippen LogP contribution >= 0.6 is 0 Å². The number of nitrogens with two attached hydrogens (primary N) is 1. The Labute approximate surface area is 109 Å². The quantitative estimate of drug-likeness (QED) is 0.833. The molecular weight excluding hydrogens is 228 g/mol. The summed E-state index contributed by atoms with van der Waals surface area (Å²) >= 11 is 0. The molecule has 1 atom stereocenters. The van der Waals surface area contributed by atoms with Gasteiger partial charge in [-0.15, -0.1) is 0 Å². The standard InChI is InChI=1S/C14H22N2O2/c1-4-13(15)14(17)16(3)9-10-18-12-7-5-11(2)6-8-12/h5-8,13H,4,9-10,15H2,1-3H3/t13-/m1/s1. The highest BCUT2D eigenvalue weighted by Gasteiger charge is 2.15. The van der Waals surface area contributed by atoms with E-state index in [2.05, 4.69) is 0 Å². The fourth-order valence-corrected chi connectivity index (χ4v) is 1.50. The van der Waals surface area contributed by atoms with E-state index in [0.717, 1.165) is 5.75 Å². The lowest BCUT2D eigenvalue weighted by Gasteiger charge is -2.20. The first kappa shape index (κ1) is 14.5. The molecule has 100 valence electrons. The third-order valence-corrected chi connectivity index (χ3v) is 2.85. The van der Waals surface area contributed by atoms with Crippen molar-refractivity contribution in [3.8, 4) is 5.75 Å². The van der Waals surface area contributed by atoms with E-state index in [1.54, 1.807) is 11.9 Å². The zero-order valence-electron chi connectivity index (χ0n) is 11.3. The van der Waals surface area contributed by atoms with Crippen LogP contribution in [0.4, 0.5) is 0 Å². The second kappa shape index (κ2) is 7.01. The number of benzene rings is 1. The van der Waals surface area contributed by atoms with Crippen molar-refractivity contribution in [2.45, 2.75) is 26.3 Å². The molecule has 0 aliphatic carbocycles. The van der Waals surface area contributed by atoms with Crippen LogP contribution in [0.2, 0.25) is 0 Å². The molecule has 1 amide bonds. The summed E-state index contributed by atoms with van der Waals surface area (Å²) in [6.07, 6.45) is 0.655. The molecule has 4 heteroatoms. The molecule has 1 aromatic rings. The van der Waals surface area contributed by atoms with E-state index in [-0.39, 0.29) is 5.91 Å². The maximum atomic E-state index is 11.7. The summed E-state index contributed by atoms with van der Waals surface area (Å²) in [6.45, 7) is 4.95. The fraction of sp³-hybridized carbons (Fsp3) is 0.500. The third kappa shape index (κ3) is 4.37. The van der Waals surface area contributed by atoms with E-state index in [1.165, 1.54) is 5.56 Å². The smallest absolute Gasteiger partial charge is 0.239 e. The van der Waals surface area contributed by atoms with Crippen molar-refractivity contribution in [1.82, 2.24) is 4.90 Å². The fourth-order valence-electron chi connectivity index (χ4n) is 1.50. The molecule has 0 aliphatic rings. The molecule has 1 aromatic carbocycles. The summed E-state index contributed by atoms with van der Waals surface area (Å²) in [6, 6.07) is 7.44. The van der Waals surface area contributed by atoms with Crippen molar-refractivity contribution in [2.75, 3.05) is 20.2 Å². The number of hydrogen-bond acceptors (Lipinski definition) is 3. The van der Waals surface area contributed by atoms with E-state index >= 15 is 0 Å². The third-order valence-electron chi connectivity index (χ3n) is 2.85. The monoisotopic (exact) mass is 250 g/mol. The number of likely N-dealkylation sites (N-methyl/N-ethyl adjacent to an activating group) is 1. The summed E-state index contributed by atoms with van der Waals surface area (Å²) in [5.74, 6) is 0.784. The van der Waals surface area contributed by atoms with Gasteiger partial charge in [0.25, 0.3) is 0 Å². The Balaban J connectivity index is 2.33. The topological polar surface area (TPSA) is 55.6 Å². The first-order valence-electron chi connectivity index (χ1n) is 6.24. The Bertz CT molecular complexity index is 376. The zero-order valence-corrected chi connectivity index (χ0v) is 11.3. The molecule has 0 saturated heterocycles. The maximum Gasteiger partial charge on any atom is 0.239 e. The van der Waals surface area contributed by atoms with Gasteiger partial charge in [0.05, 0.1) is 12.6 Å². The van der Waals surface area contributed by atoms with Gasteiger partial charge in [0, 0.05) is 7.05 Å². The van der Waals surface area contributed by atoms with Crippen LogP contribution in [0.15, 0.2) is 24.3 Å². The molecule has 0 spiro atoms. The normalized spacial score (nSPS) is 12.0. The van der Waals surface area contributed by atoms with Gasteiger partial charge in [0.1, 0.15) is 12.4 Å². The molecule has 0 bridgehead atoms. The summed E-state index contributed by atoms with van der Waals surface area (Å²) in [5.41, 5.74) is 6.88. The molecule has 0 unspecified atom stereocenters. The Morgan fingerprint density at radius 3 is 2.56 bits per heavy atom. The molecule has 0 radical (unpaired) electrons. The number of amides is 1. The highest BCUT2D eigenvalue weighted by molar-refractivity contribution is 5.81. The number of nitrogens with zero attached hydrogens (tertiary/aromatic N) is 1. The lowest BCUT2D eigenvalue weighted by Crippen LogP contribution is -2.42. The number of carbonyl (C=O) groups excluding carboxylic acids is 1. The lowest BCUT2D eigenvalue weighted by atomic mass is 10.2. The number of ether oxygens (including phenoxy) is 1. The van der Waals surface area contributed by atoms with Gasteiger partial charge in [-0.3, -0.25) is 4.79 Å². The van der Waals surface area contributed by atoms with E-state index in [1.807, 2.05) is 38.1 Å². The first-order valence-corrected chi connectivity index (χ1v) is 6.24. The van der Waals surface area contributed by atoms with Crippen molar-refractivity contribution in [3.63, 3.8) is 0 Å². The molecule has 2 N–H and O–H groups in total. The Morgan fingerprint density at radius 2 is 2.00 bits per heavy atom. The van der Waals surface area contributed by atoms with E-state index < -0.39 is 6.04 Å². The second-order valence-electron chi connectivity index (χ2n) is 4.44. The molecule has 0 saturated carbocycles. The van der Waals surface area contributed by atoms with Crippen molar-refractivity contribution in [2.24, 2.45) is 5.73 Å². The maximum absolute atomic E-state index is 11.7. The Morgan fingerprint density at radius 1 is 1.39 bits per heavy atom. The Kier molecular flexibility index (Phi) is 5.65. The minimum atomic E-state index is -0.408. The minimum Gasteiger partial charge on any atom is -0.492 e. The minimum absolute atomic E-state index is 0.0370. The van der Waals surface area contributed by atoms with Crippen LogP contribution in [0, 0.1) is 6.92 Å². The number of rotatable bonds is 6. The largest absolute Gasteiger partial charge is 0.492 e. The summed E-state index contributed by atoms with van der Waals surface area (Å²) in [5, 5.41) is 0. The predicted octanol–water partition coefficient (Wildman–Crippen LogP) is 1.57. The molecule has 0 fully saturated rings. The summed E-state index contributed by atoms with van der Waals surface area (Å²) in [7, 11) is 1.75. The van der Waals surface area contributed by atoms with Crippen LogP contribution in [0.1, 0.15) is 18.9 Å². The number of hydrogen-bond donors (Lipinski definition) is 1. The average Bonchev–Trinajstić information content (AvgIpc) is 2.39. The van der Waals surface area contributed by atoms with Crippen LogP contribution in [-0.4, -0.2) is 37.0 Å². The molecule has 1 rings (SSSR count). The van der Waals surface area contributed by atoms with Crippen LogP contribution in [-0.2, 0) is 4.79 Å². The molecule has 18 heavy (non-hydrogen) atoms. The van der Waals surface area contributed by atoms with Crippen LogP contribution in [0.25, 0.3) is 0 Å². The second-order valence-corrected chi connectivity index (χ2v) is 4.44. The highest BCUT2D eigenvalue weighted by Crippen LogP contribution is 2.11. The summed E-state index contributed by atoms with van der Waals surface area (Å²) in [4.78, 5) is 13.3. The SMILES string of the molecule is CC[C@@H](N)C(=O)N(C)CCOc1ccc(C)cc1. The Hall–Kier alpha value is -1.55. The van der Waals surface area contributed by atoms with Crippen LogP contribution in [0.3, 0.4) is 0 Å². The van der Waals surface area contributed by atoms with Gasteiger partial charge in [-0.2, -0.15) is 0 Å². The van der Waals surface area contributed by atoms with Crippen molar-refractivity contribution >= 4 is 5.91 Å². The predicted molar refractivity (Wildman–Crippen MR) is 72.6 cm³/mol. The van der Waals surface area contributed by atoms with Crippen LogP contribution < -0.4 is 10.5 Å². The van der Waals surface area contributed by atoms with Gasteiger partial charge >= 0.3 is 0 Å². The molecule has 0 aliphatic heterocycles. The van der Waals surface area contributed by atoms with Crippen molar-refractivity contribution in [1.29, 1.82) is 0 Å². The van der Waals surface area contributed by atoms with Gasteiger partial charge in [0.2, 0.25) is 5.91 Å². The van der Waals surface area contributed by atoms with Gasteiger partial charge < -0.3 is 15.4 Å². The molecule has 4 nitrogen and oxygen atoms in total. The first-order chi connectivity index (χ1) is 8.54. The average molecular weight is 250 g/mol. The highest BCUT2D eigenvalue weighted by atomic mass is 16.5. The van der Waals surface area contributed by atoms with E-state index in [9.17, 15) is 4.79 Å². The summed E-state index contributed by atoms with van der Waals surface area (Å²) < 4.78 is 5.56. The van der Waals surface area contributed by atoms with Crippen molar-refractivity contribution < 1.29 is 9.53 Å². The molecule has 0 aromatic heterocycles. The molecular formula is C14H22N2O2. The van der Waals surface area contributed by atoms with Gasteiger partial charge in [0.15, 0.2) is 0 Å². The zero-order chi connectivity index (χ0) is 13.5. The molecule has 0 heterocycles. The van der Waals surface area contributed by atoms with Gasteiger partial charge in [-0.1, -0.05) is 24.6 Å². The van der Waals surface area contributed by atoms with Gasteiger partial charge in [-0.05, 0) is 25.5 Å². The van der Waals surface area contributed by atoms with Gasteiger partial charge in [-0.25, -0.2) is 0 Å². The van der Waals surface area contributed by atoms with E-state index in [4.69, 9.17) is 10.5 Å². The van der Waals surface area contributed by atoms with E-state index in [0.29, 0.717) is 19.6 Å². The lowest BCUT2D eigenvalue weighted by molar-refractivity contribution is -0.131. The number of aryl methyl sites for hydroxylation is 1. The number of carbonyl (C=O) groups is 1. The van der Waals surface area contributed by atoms with Crippen LogP contribution in [0.5, 0.6) is 5.75 Å². The van der Waals surface area contributed by atoms with Crippen molar-refractivity contribution in [3.05, 3.63) is 29.8 Å².